The Morgan fingerprint density at radius 1 is 1.12 bits per heavy atom. The van der Waals surface area contributed by atoms with Crippen LogP contribution in [0.15, 0.2) is 45.6 Å². The summed E-state index contributed by atoms with van der Waals surface area (Å²) in [5, 5.41) is 2.80. The Morgan fingerprint density at radius 2 is 1.88 bits per heavy atom. The normalized spacial score (nSPS) is 10.8. The third kappa shape index (κ3) is 3.38. The Kier molecular flexibility index (Phi) is 4.27. The molecular formula is C19H18N2O4. The van der Waals surface area contributed by atoms with Crippen molar-refractivity contribution >= 4 is 28.5 Å². The number of hydrogen-bond donors (Lipinski definition) is 1. The molecule has 0 atom stereocenters. The molecule has 3 rings (SSSR count). The Hall–Kier alpha value is -3.15. The van der Waals surface area contributed by atoms with E-state index in [1.165, 1.54) is 17.6 Å². The second-order valence-corrected chi connectivity index (χ2v) is 6.06. The van der Waals surface area contributed by atoms with Crippen LogP contribution in [0, 0.1) is 13.8 Å². The lowest BCUT2D eigenvalue weighted by Crippen LogP contribution is -2.25. The van der Waals surface area contributed by atoms with Gasteiger partial charge in [-0.25, -0.2) is 4.79 Å². The van der Waals surface area contributed by atoms with Gasteiger partial charge in [-0.3, -0.25) is 14.2 Å². The van der Waals surface area contributed by atoms with Crippen molar-refractivity contribution < 1.29 is 14.0 Å². The van der Waals surface area contributed by atoms with Crippen LogP contribution >= 0.6 is 0 Å². The van der Waals surface area contributed by atoms with E-state index in [1.54, 1.807) is 12.1 Å². The molecule has 128 valence electrons. The first-order chi connectivity index (χ1) is 11.8. The Bertz CT molecular complexity index is 1040. The summed E-state index contributed by atoms with van der Waals surface area (Å²) < 4.78 is 6.40. The fourth-order valence-electron chi connectivity index (χ4n) is 2.72. The number of aryl methyl sites for hydroxylation is 2. The second kappa shape index (κ2) is 6.39. The van der Waals surface area contributed by atoms with Gasteiger partial charge in [-0.15, -0.1) is 0 Å². The summed E-state index contributed by atoms with van der Waals surface area (Å²) in [6.07, 6.45) is 0. The van der Waals surface area contributed by atoms with Gasteiger partial charge in [-0.2, -0.15) is 0 Å². The molecule has 3 aromatic rings. The first kappa shape index (κ1) is 16.7. The number of carbonyl (C=O) groups excluding carboxylic acids is 2. The lowest BCUT2D eigenvalue weighted by atomic mass is 10.1. The van der Waals surface area contributed by atoms with E-state index in [4.69, 9.17) is 4.42 Å². The van der Waals surface area contributed by atoms with Crippen LogP contribution in [0.5, 0.6) is 0 Å². The number of anilines is 1. The lowest BCUT2D eigenvalue weighted by Gasteiger charge is -2.09. The summed E-state index contributed by atoms with van der Waals surface area (Å²) in [6.45, 7) is 5.16. The van der Waals surface area contributed by atoms with Crippen molar-refractivity contribution in [2.45, 2.75) is 27.3 Å². The number of oxazole rings is 1. The molecule has 0 aliphatic carbocycles. The van der Waals surface area contributed by atoms with Gasteiger partial charge in [0.25, 0.3) is 0 Å². The molecule has 0 bridgehead atoms. The molecule has 6 heteroatoms. The molecule has 0 saturated carbocycles. The molecule has 1 aromatic heterocycles. The summed E-state index contributed by atoms with van der Waals surface area (Å²) in [5.74, 6) is -1.08. The van der Waals surface area contributed by atoms with Gasteiger partial charge in [0.2, 0.25) is 5.91 Å². The molecule has 0 fully saturated rings. The zero-order valence-electron chi connectivity index (χ0n) is 14.3. The molecule has 1 amide bonds. The number of carbonyl (C=O) groups is 2. The third-order valence-electron chi connectivity index (χ3n) is 4.03. The smallest absolute Gasteiger partial charge is 0.408 e. The number of Topliss-reactive ketones (excluding diaryl/α,β-unsaturated/α-hetero) is 1. The molecule has 0 radical (unpaired) electrons. The number of nitrogens with zero attached hydrogens (tertiary/aromatic N) is 1. The molecule has 0 unspecified atom stereocenters. The van der Waals surface area contributed by atoms with E-state index in [9.17, 15) is 14.4 Å². The van der Waals surface area contributed by atoms with Gasteiger partial charge in [-0.05, 0) is 50.6 Å². The maximum Gasteiger partial charge on any atom is 0.420 e. The van der Waals surface area contributed by atoms with Crippen molar-refractivity contribution in [3.05, 3.63) is 63.6 Å². The van der Waals surface area contributed by atoms with Crippen LogP contribution in [0.3, 0.4) is 0 Å². The second-order valence-electron chi connectivity index (χ2n) is 6.06. The maximum atomic E-state index is 12.3. The Labute approximate surface area is 144 Å². The van der Waals surface area contributed by atoms with E-state index < -0.39 is 5.76 Å². The average molecular weight is 338 g/mol. The molecule has 0 saturated heterocycles. The van der Waals surface area contributed by atoms with Crippen LogP contribution in [0.4, 0.5) is 5.69 Å². The zero-order chi connectivity index (χ0) is 18.1. The largest absolute Gasteiger partial charge is 0.420 e. The van der Waals surface area contributed by atoms with Gasteiger partial charge in [-0.1, -0.05) is 17.7 Å². The summed E-state index contributed by atoms with van der Waals surface area (Å²) in [7, 11) is 0. The van der Waals surface area contributed by atoms with Gasteiger partial charge >= 0.3 is 5.76 Å². The minimum Gasteiger partial charge on any atom is -0.408 e. The van der Waals surface area contributed by atoms with Gasteiger partial charge in [0.1, 0.15) is 6.54 Å². The third-order valence-corrected chi connectivity index (χ3v) is 4.03. The van der Waals surface area contributed by atoms with Crippen LogP contribution in [0.25, 0.3) is 11.1 Å². The van der Waals surface area contributed by atoms with E-state index in [0.29, 0.717) is 16.8 Å². The number of aromatic nitrogens is 1. The highest BCUT2D eigenvalue weighted by molar-refractivity contribution is 5.97. The maximum absolute atomic E-state index is 12.3. The lowest BCUT2D eigenvalue weighted by molar-refractivity contribution is -0.116. The number of fused-ring (bicyclic) bond motifs is 1. The van der Waals surface area contributed by atoms with Crippen molar-refractivity contribution in [2.75, 3.05) is 5.32 Å². The number of ketones is 1. The predicted octanol–water partition coefficient (Wildman–Crippen LogP) is 3.05. The van der Waals surface area contributed by atoms with E-state index in [-0.39, 0.29) is 23.8 Å². The van der Waals surface area contributed by atoms with Crippen LogP contribution in [-0.4, -0.2) is 16.3 Å². The highest BCUT2D eigenvalue weighted by atomic mass is 16.4. The Morgan fingerprint density at radius 3 is 2.56 bits per heavy atom. The minimum absolute atomic E-state index is 0.120. The molecule has 0 aliphatic rings. The van der Waals surface area contributed by atoms with E-state index in [0.717, 1.165) is 11.1 Å². The number of benzene rings is 2. The van der Waals surface area contributed by atoms with Gasteiger partial charge in [0.05, 0.1) is 5.52 Å². The van der Waals surface area contributed by atoms with Gasteiger partial charge in [0, 0.05) is 11.3 Å². The SMILES string of the molecule is CC(=O)c1ccc2c(c1)oc(=O)n2CC(=O)Nc1ccc(C)cc1C. The summed E-state index contributed by atoms with van der Waals surface area (Å²) in [5.41, 5.74) is 3.98. The van der Waals surface area contributed by atoms with Crippen LogP contribution in [0.2, 0.25) is 0 Å². The van der Waals surface area contributed by atoms with Crippen molar-refractivity contribution in [1.29, 1.82) is 0 Å². The summed E-state index contributed by atoms with van der Waals surface area (Å²) in [6, 6.07) is 10.4. The van der Waals surface area contributed by atoms with Crippen molar-refractivity contribution in [1.82, 2.24) is 4.57 Å². The standard InChI is InChI=1S/C19H18N2O4/c1-11-4-6-15(12(2)8-11)20-18(23)10-21-16-7-5-14(13(3)22)9-17(16)25-19(21)24/h4-9H,10H2,1-3H3,(H,20,23). The summed E-state index contributed by atoms with van der Waals surface area (Å²) in [4.78, 5) is 35.8. The average Bonchev–Trinajstić information content (AvgIpc) is 2.85. The quantitative estimate of drug-likeness (QED) is 0.741. The molecule has 0 spiro atoms. The molecule has 25 heavy (non-hydrogen) atoms. The topological polar surface area (TPSA) is 81.3 Å². The van der Waals surface area contributed by atoms with Crippen LogP contribution in [-0.2, 0) is 11.3 Å². The minimum atomic E-state index is -0.633. The first-order valence-corrected chi connectivity index (χ1v) is 7.86. The van der Waals surface area contributed by atoms with Crippen LogP contribution in [0.1, 0.15) is 28.4 Å². The van der Waals surface area contributed by atoms with Crippen LogP contribution < -0.4 is 11.1 Å². The molecule has 1 heterocycles. The molecule has 2 aromatic carbocycles. The van der Waals surface area contributed by atoms with Crippen molar-refractivity contribution in [3.8, 4) is 0 Å². The van der Waals surface area contributed by atoms with Gasteiger partial charge in [0.15, 0.2) is 11.4 Å². The van der Waals surface area contributed by atoms with Gasteiger partial charge < -0.3 is 9.73 Å². The zero-order valence-corrected chi connectivity index (χ0v) is 14.3. The number of hydrogen-bond acceptors (Lipinski definition) is 4. The van der Waals surface area contributed by atoms with E-state index in [2.05, 4.69) is 5.32 Å². The molecule has 1 N–H and O–H groups in total. The Balaban J connectivity index is 1.87. The highest BCUT2D eigenvalue weighted by Crippen LogP contribution is 2.18. The van der Waals surface area contributed by atoms with E-state index in [1.807, 2.05) is 32.0 Å². The number of nitrogens with one attached hydrogen (secondary N) is 1. The predicted molar refractivity (Wildman–Crippen MR) is 95.0 cm³/mol. The fourth-order valence-corrected chi connectivity index (χ4v) is 2.72. The highest BCUT2D eigenvalue weighted by Gasteiger charge is 2.14. The molecular weight excluding hydrogens is 320 g/mol. The van der Waals surface area contributed by atoms with E-state index >= 15 is 0 Å². The number of amides is 1. The molecule has 6 nitrogen and oxygen atoms in total. The molecule has 0 aliphatic heterocycles. The summed E-state index contributed by atoms with van der Waals surface area (Å²) >= 11 is 0. The fraction of sp³-hybridized carbons (Fsp3) is 0.211. The van der Waals surface area contributed by atoms with Crippen molar-refractivity contribution in [2.24, 2.45) is 0 Å². The first-order valence-electron chi connectivity index (χ1n) is 7.86. The number of rotatable bonds is 4. The van der Waals surface area contributed by atoms with Crippen molar-refractivity contribution in [3.63, 3.8) is 0 Å². The monoisotopic (exact) mass is 338 g/mol.